The second kappa shape index (κ2) is 4.93. The lowest BCUT2D eigenvalue weighted by Gasteiger charge is -2.35. The predicted molar refractivity (Wildman–Crippen MR) is 76.0 cm³/mol. The lowest BCUT2D eigenvalue weighted by molar-refractivity contribution is -0.134. The van der Waals surface area contributed by atoms with Crippen LogP contribution in [0.2, 0.25) is 0 Å². The van der Waals surface area contributed by atoms with Gasteiger partial charge in [-0.05, 0) is 18.4 Å². The van der Waals surface area contributed by atoms with E-state index in [1.807, 2.05) is 30.3 Å². The summed E-state index contributed by atoms with van der Waals surface area (Å²) >= 11 is 0. The average molecular weight is 272 g/mol. The van der Waals surface area contributed by atoms with E-state index in [4.69, 9.17) is 0 Å². The molecule has 0 aromatic heterocycles. The van der Waals surface area contributed by atoms with Gasteiger partial charge in [0.25, 0.3) is 5.91 Å². The van der Waals surface area contributed by atoms with Crippen LogP contribution in [0.25, 0.3) is 0 Å². The molecule has 0 atom stereocenters. The van der Waals surface area contributed by atoms with E-state index in [0.29, 0.717) is 6.54 Å². The van der Waals surface area contributed by atoms with Gasteiger partial charge in [0, 0.05) is 7.05 Å². The normalized spacial score (nSPS) is 21.9. The van der Waals surface area contributed by atoms with E-state index >= 15 is 0 Å². The molecular weight excluding hydrogens is 252 g/mol. The van der Waals surface area contributed by atoms with Crippen LogP contribution >= 0.6 is 0 Å². The molecule has 1 aromatic carbocycles. The molecule has 1 saturated heterocycles. The zero-order valence-corrected chi connectivity index (χ0v) is 11.8. The van der Waals surface area contributed by atoms with Gasteiger partial charge < -0.3 is 4.90 Å². The summed E-state index contributed by atoms with van der Waals surface area (Å²) in [6, 6.07) is 9.55. The fraction of sp³-hybridized carbons (Fsp3) is 0.500. The van der Waals surface area contributed by atoms with Crippen molar-refractivity contribution in [3.8, 4) is 0 Å². The van der Waals surface area contributed by atoms with Crippen LogP contribution < -0.4 is 0 Å². The fourth-order valence-electron chi connectivity index (χ4n) is 3.44. The molecule has 0 unspecified atom stereocenters. The second-order valence-corrected chi connectivity index (χ2v) is 5.81. The largest absolute Gasteiger partial charge is 0.327 e. The summed E-state index contributed by atoms with van der Waals surface area (Å²) in [7, 11) is 1.77. The van der Waals surface area contributed by atoms with Gasteiger partial charge in [-0.1, -0.05) is 49.6 Å². The minimum atomic E-state index is -0.565. The summed E-state index contributed by atoms with van der Waals surface area (Å²) in [5, 5.41) is 0. The van der Waals surface area contributed by atoms with Crippen molar-refractivity contribution < 1.29 is 9.59 Å². The standard InChI is InChI=1S/C16H20N2O2/c1-17-15(20)18(12-13-8-4-2-5-9-13)14(19)16(17)10-6-3-7-11-16/h2,4-5,8-9H,3,6-7,10-12H2,1H3. The highest BCUT2D eigenvalue weighted by Gasteiger charge is 2.55. The van der Waals surface area contributed by atoms with Gasteiger partial charge in [0.15, 0.2) is 0 Å². The smallest absolute Gasteiger partial charge is 0.313 e. The number of nitrogens with zero attached hydrogens (tertiary/aromatic N) is 2. The molecular formula is C16H20N2O2. The van der Waals surface area contributed by atoms with Crippen LogP contribution in [0.4, 0.5) is 4.79 Å². The summed E-state index contributed by atoms with van der Waals surface area (Å²) in [6.07, 6.45) is 4.83. The first-order chi connectivity index (χ1) is 9.65. The number of hydrogen-bond donors (Lipinski definition) is 0. The Labute approximate surface area is 119 Å². The van der Waals surface area contributed by atoms with E-state index in [0.717, 1.165) is 37.7 Å². The number of carbonyl (C=O) groups is 2. The Morgan fingerprint density at radius 2 is 1.70 bits per heavy atom. The number of urea groups is 1. The molecule has 3 rings (SSSR count). The number of carbonyl (C=O) groups excluding carboxylic acids is 2. The first kappa shape index (κ1) is 13.2. The third-order valence-electron chi connectivity index (χ3n) is 4.67. The van der Waals surface area contributed by atoms with Crippen LogP contribution in [0, 0.1) is 0 Å². The van der Waals surface area contributed by atoms with Crippen molar-refractivity contribution in [2.45, 2.75) is 44.2 Å². The van der Waals surface area contributed by atoms with Crippen LogP contribution in [0.15, 0.2) is 30.3 Å². The Hall–Kier alpha value is -1.84. The van der Waals surface area contributed by atoms with Gasteiger partial charge in [-0.2, -0.15) is 0 Å². The number of hydrogen-bond acceptors (Lipinski definition) is 2. The molecule has 1 heterocycles. The van der Waals surface area contributed by atoms with Gasteiger partial charge in [0.1, 0.15) is 5.54 Å². The SMILES string of the molecule is CN1C(=O)N(Cc2ccccc2)C(=O)C12CCCCC2. The van der Waals surface area contributed by atoms with E-state index in [-0.39, 0.29) is 11.9 Å². The van der Waals surface area contributed by atoms with Gasteiger partial charge in [0.2, 0.25) is 0 Å². The van der Waals surface area contributed by atoms with Crippen LogP contribution in [0.3, 0.4) is 0 Å². The number of amides is 3. The van der Waals surface area contributed by atoms with Crippen LogP contribution in [-0.2, 0) is 11.3 Å². The molecule has 2 fully saturated rings. The van der Waals surface area contributed by atoms with E-state index in [1.165, 1.54) is 4.90 Å². The van der Waals surface area contributed by atoms with E-state index < -0.39 is 5.54 Å². The average Bonchev–Trinajstić information content (AvgIpc) is 2.66. The lowest BCUT2D eigenvalue weighted by atomic mass is 9.81. The molecule has 1 aliphatic heterocycles. The highest BCUT2D eigenvalue weighted by Crippen LogP contribution is 2.39. The third kappa shape index (κ3) is 1.90. The molecule has 0 N–H and O–H groups in total. The van der Waals surface area contributed by atoms with Gasteiger partial charge in [-0.15, -0.1) is 0 Å². The molecule has 1 spiro atoms. The van der Waals surface area contributed by atoms with Crippen molar-refractivity contribution in [2.24, 2.45) is 0 Å². The van der Waals surface area contributed by atoms with Crippen LogP contribution in [0.5, 0.6) is 0 Å². The Balaban J connectivity index is 1.86. The van der Waals surface area contributed by atoms with Crippen molar-refractivity contribution in [1.82, 2.24) is 9.80 Å². The Morgan fingerprint density at radius 3 is 2.35 bits per heavy atom. The molecule has 0 bridgehead atoms. The number of rotatable bonds is 2. The lowest BCUT2D eigenvalue weighted by Crippen LogP contribution is -2.49. The van der Waals surface area contributed by atoms with Crippen LogP contribution in [0.1, 0.15) is 37.7 Å². The van der Waals surface area contributed by atoms with Crippen LogP contribution in [-0.4, -0.2) is 34.3 Å². The maximum atomic E-state index is 12.8. The van der Waals surface area contributed by atoms with Crippen molar-refractivity contribution in [2.75, 3.05) is 7.05 Å². The molecule has 4 nitrogen and oxygen atoms in total. The monoisotopic (exact) mass is 272 g/mol. The molecule has 3 amide bonds. The fourth-order valence-corrected chi connectivity index (χ4v) is 3.44. The highest BCUT2D eigenvalue weighted by atomic mass is 16.2. The molecule has 20 heavy (non-hydrogen) atoms. The van der Waals surface area contributed by atoms with E-state index in [1.54, 1.807) is 11.9 Å². The summed E-state index contributed by atoms with van der Waals surface area (Å²) < 4.78 is 0. The Bertz CT molecular complexity index is 521. The van der Waals surface area contributed by atoms with Crippen molar-refractivity contribution >= 4 is 11.9 Å². The van der Waals surface area contributed by atoms with E-state index in [2.05, 4.69) is 0 Å². The van der Waals surface area contributed by atoms with Gasteiger partial charge in [-0.25, -0.2) is 4.79 Å². The van der Waals surface area contributed by atoms with Crippen molar-refractivity contribution in [3.63, 3.8) is 0 Å². The summed E-state index contributed by atoms with van der Waals surface area (Å²) in [5.41, 5.74) is 0.430. The molecule has 1 aromatic rings. The van der Waals surface area contributed by atoms with Gasteiger partial charge in [-0.3, -0.25) is 9.69 Å². The number of likely N-dealkylation sites (N-methyl/N-ethyl adjacent to an activating group) is 1. The van der Waals surface area contributed by atoms with Gasteiger partial charge >= 0.3 is 6.03 Å². The summed E-state index contributed by atoms with van der Waals surface area (Å²) in [4.78, 5) is 28.3. The highest BCUT2D eigenvalue weighted by molar-refractivity contribution is 6.06. The van der Waals surface area contributed by atoms with E-state index in [9.17, 15) is 9.59 Å². The molecule has 1 aliphatic carbocycles. The molecule has 106 valence electrons. The summed E-state index contributed by atoms with van der Waals surface area (Å²) in [6.45, 7) is 0.380. The Kier molecular flexibility index (Phi) is 3.24. The van der Waals surface area contributed by atoms with Gasteiger partial charge in [0.05, 0.1) is 6.54 Å². The first-order valence-corrected chi connectivity index (χ1v) is 7.29. The molecule has 2 aliphatic rings. The maximum Gasteiger partial charge on any atom is 0.327 e. The first-order valence-electron chi connectivity index (χ1n) is 7.29. The van der Waals surface area contributed by atoms with Crippen molar-refractivity contribution in [1.29, 1.82) is 0 Å². The Morgan fingerprint density at radius 1 is 1.05 bits per heavy atom. The quantitative estimate of drug-likeness (QED) is 0.777. The van der Waals surface area contributed by atoms with Crippen molar-refractivity contribution in [3.05, 3.63) is 35.9 Å². The minimum absolute atomic E-state index is 0.00597. The minimum Gasteiger partial charge on any atom is -0.313 e. The summed E-state index contributed by atoms with van der Waals surface area (Å²) in [5.74, 6) is -0.00597. The zero-order chi connectivity index (χ0) is 14.2. The molecule has 1 saturated carbocycles. The molecule has 4 heteroatoms. The second-order valence-electron chi connectivity index (χ2n) is 5.81. The zero-order valence-electron chi connectivity index (χ0n) is 11.8. The maximum absolute atomic E-state index is 12.8. The topological polar surface area (TPSA) is 40.6 Å². The number of benzene rings is 1. The third-order valence-corrected chi connectivity index (χ3v) is 4.67. The molecule has 0 radical (unpaired) electrons. The number of imide groups is 1. The predicted octanol–water partition coefficient (Wildman–Crippen LogP) is 2.78.